The smallest absolute Gasteiger partial charge is 0.255 e. The quantitative estimate of drug-likeness (QED) is 0.745. The van der Waals surface area contributed by atoms with Crippen LogP contribution in [0, 0.1) is 0 Å². The molecule has 0 spiro atoms. The van der Waals surface area contributed by atoms with Crippen molar-refractivity contribution >= 4 is 23.1 Å². The second kappa shape index (κ2) is 8.51. The molecule has 1 aromatic carbocycles. The van der Waals surface area contributed by atoms with Gasteiger partial charge in [-0.3, -0.25) is 4.79 Å². The third-order valence-electron chi connectivity index (χ3n) is 4.45. The Morgan fingerprint density at radius 2 is 1.92 bits per heavy atom. The van der Waals surface area contributed by atoms with Crippen molar-refractivity contribution in [2.24, 2.45) is 0 Å². The minimum atomic E-state index is -0.116. The fraction of sp³-hybridized carbons (Fsp3) is 0.400. The second-order valence-electron chi connectivity index (χ2n) is 6.41. The number of pyridine rings is 1. The predicted molar refractivity (Wildman–Crippen MR) is 103 cm³/mol. The Bertz CT molecular complexity index is 693. The van der Waals surface area contributed by atoms with Gasteiger partial charge in [-0.25, -0.2) is 4.98 Å². The Hall–Kier alpha value is -2.56. The van der Waals surface area contributed by atoms with Gasteiger partial charge in [0.25, 0.3) is 5.91 Å². The summed E-state index contributed by atoms with van der Waals surface area (Å²) in [5.41, 5.74) is 2.64. The predicted octanol–water partition coefficient (Wildman–Crippen LogP) is 4.15. The number of aromatic nitrogens is 1. The number of unbranched alkanes of at least 4 members (excludes halogenated alkanes) is 1. The van der Waals surface area contributed by atoms with E-state index in [1.807, 2.05) is 12.1 Å². The number of hydrogen-bond donors (Lipinski definition) is 2. The lowest BCUT2D eigenvalue weighted by molar-refractivity contribution is 0.102. The lowest BCUT2D eigenvalue weighted by Gasteiger charge is -2.17. The third-order valence-corrected chi connectivity index (χ3v) is 4.45. The highest BCUT2D eigenvalue weighted by Gasteiger charge is 2.12. The summed E-state index contributed by atoms with van der Waals surface area (Å²) >= 11 is 0. The van der Waals surface area contributed by atoms with Gasteiger partial charge >= 0.3 is 0 Å². The molecule has 1 saturated heterocycles. The molecule has 0 saturated carbocycles. The van der Waals surface area contributed by atoms with E-state index in [9.17, 15) is 4.79 Å². The van der Waals surface area contributed by atoms with Crippen LogP contribution in [0.2, 0.25) is 0 Å². The van der Waals surface area contributed by atoms with Crippen LogP contribution < -0.4 is 15.5 Å². The van der Waals surface area contributed by atoms with Gasteiger partial charge in [0.1, 0.15) is 5.82 Å². The van der Waals surface area contributed by atoms with Gasteiger partial charge in [0.2, 0.25) is 0 Å². The normalized spacial score (nSPS) is 13.7. The van der Waals surface area contributed by atoms with Crippen molar-refractivity contribution in [1.29, 1.82) is 0 Å². The summed E-state index contributed by atoms with van der Waals surface area (Å²) in [5, 5.41) is 6.20. The number of hydrogen-bond acceptors (Lipinski definition) is 4. The van der Waals surface area contributed by atoms with Crippen molar-refractivity contribution in [2.75, 3.05) is 35.2 Å². The molecule has 3 rings (SSSR count). The zero-order valence-electron chi connectivity index (χ0n) is 14.8. The van der Waals surface area contributed by atoms with Crippen molar-refractivity contribution in [1.82, 2.24) is 4.98 Å². The van der Waals surface area contributed by atoms with E-state index in [1.165, 1.54) is 18.5 Å². The van der Waals surface area contributed by atoms with E-state index in [1.54, 1.807) is 18.3 Å². The average Bonchev–Trinajstić information content (AvgIpc) is 3.17. The summed E-state index contributed by atoms with van der Waals surface area (Å²) in [6, 6.07) is 11.6. The Labute approximate surface area is 149 Å². The molecule has 1 aliphatic rings. The van der Waals surface area contributed by atoms with Crippen molar-refractivity contribution in [3.63, 3.8) is 0 Å². The van der Waals surface area contributed by atoms with Crippen LogP contribution in [0.25, 0.3) is 0 Å². The largest absolute Gasteiger partial charge is 0.372 e. The van der Waals surface area contributed by atoms with Gasteiger partial charge in [-0.05, 0) is 55.7 Å². The topological polar surface area (TPSA) is 57.3 Å². The Balaban J connectivity index is 1.60. The molecule has 0 radical (unpaired) electrons. The maximum absolute atomic E-state index is 12.5. The van der Waals surface area contributed by atoms with Gasteiger partial charge in [-0.2, -0.15) is 0 Å². The van der Waals surface area contributed by atoms with Gasteiger partial charge in [-0.1, -0.05) is 13.3 Å². The second-order valence-corrected chi connectivity index (χ2v) is 6.41. The zero-order valence-corrected chi connectivity index (χ0v) is 14.8. The summed E-state index contributed by atoms with van der Waals surface area (Å²) in [7, 11) is 0. The third kappa shape index (κ3) is 4.72. The number of nitrogens with zero attached hydrogens (tertiary/aromatic N) is 2. The molecular weight excluding hydrogens is 312 g/mol. The van der Waals surface area contributed by atoms with Crippen LogP contribution in [0.4, 0.5) is 17.2 Å². The van der Waals surface area contributed by atoms with Gasteiger partial charge in [0.05, 0.1) is 0 Å². The van der Waals surface area contributed by atoms with Crippen molar-refractivity contribution < 1.29 is 4.79 Å². The van der Waals surface area contributed by atoms with Crippen LogP contribution in [-0.2, 0) is 0 Å². The monoisotopic (exact) mass is 338 g/mol. The standard InChI is InChI=1S/C20H26N4O/c1-2-3-11-21-19-15-16(10-12-22-19)20(25)23-17-6-8-18(9-7-17)24-13-4-5-14-24/h6-10,12,15H,2-5,11,13-14H2,1H3,(H,21,22)(H,23,25). The maximum Gasteiger partial charge on any atom is 0.255 e. The van der Waals surface area contributed by atoms with E-state index in [0.717, 1.165) is 44.0 Å². The molecular formula is C20H26N4O. The summed E-state index contributed by atoms with van der Waals surface area (Å²) in [5.74, 6) is 0.625. The highest BCUT2D eigenvalue weighted by atomic mass is 16.1. The minimum absolute atomic E-state index is 0.116. The van der Waals surface area contributed by atoms with Crippen LogP contribution in [0.15, 0.2) is 42.6 Å². The van der Waals surface area contributed by atoms with Gasteiger partial charge in [0.15, 0.2) is 0 Å². The molecule has 2 heterocycles. The van der Waals surface area contributed by atoms with E-state index in [0.29, 0.717) is 5.56 Å². The number of anilines is 3. The summed E-state index contributed by atoms with van der Waals surface area (Å²) in [6.07, 6.45) is 6.39. The van der Waals surface area contributed by atoms with Crippen LogP contribution in [0.1, 0.15) is 43.0 Å². The molecule has 5 nitrogen and oxygen atoms in total. The van der Waals surface area contributed by atoms with E-state index in [2.05, 4.69) is 39.6 Å². The van der Waals surface area contributed by atoms with Crippen LogP contribution in [0.3, 0.4) is 0 Å². The molecule has 5 heteroatoms. The average molecular weight is 338 g/mol. The van der Waals surface area contributed by atoms with Crippen LogP contribution in [-0.4, -0.2) is 30.5 Å². The first-order valence-corrected chi connectivity index (χ1v) is 9.12. The van der Waals surface area contributed by atoms with Gasteiger partial charge in [0, 0.05) is 42.8 Å². The number of rotatable bonds is 7. The molecule has 0 aliphatic carbocycles. The molecule has 25 heavy (non-hydrogen) atoms. The van der Waals surface area contributed by atoms with Crippen LogP contribution >= 0.6 is 0 Å². The molecule has 132 valence electrons. The molecule has 2 aromatic rings. The van der Waals surface area contributed by atoms with E-state index >= 15 is 0 Å². The molecule has 0 atom stereocenters. The molecule has 0 bridgehead atoms. The molecule has 1 fully saturated rings. The van der Waals surface area contributed by atoms with Gasteiger partial charge in [-0.15, -0.1) is 0 Å². The molecule has 1 aliphatic heterocycles. The Kier molecular flexibility index (Phi) is 5.88. The first kappa shape index (κ1) is 17.3. The Morgan fingerprint density at radius 1 is 1.16 bits per heavy atom. The fourth-order valence-electron chi connectivity index (χ4n) is 3.00. The highest BCUT2D eigenvalue weighted by Crippen LogP contribution is 2.22. The first-order valence-electron chi connectivity index (χ1n) is 9.12. The zero-order chi connectivity index (χ0) is 17.5. The van der Waals surface area contributed by atoms with Crippen molar-refractivity contribution in [2.45, 2.75) is 32.6 Å². The maximum atomic E-state index is 12.5. The summed E-state index contributed by atoms with van der Waals surface area (Å²) in [6.45, 7) is 5.26. The lowest BCUT2D eigenvalue weighted by atomic mass is 10.2. The molecule has 1 amide bonds. The number of amides is 1. The number of benzene rings is 1. The number of carbonyl (C=O) groups is 1. The highest BCUT2D eigenvalue weighted by molar-refractivity contribution is 6.04. The van der Waals surface area contributed by atoms with E-state index < -0.39 is 0 Å². The van der Waals surface area contributed by atoms with E-state index in [4.69, 9.17) is 0 Å². The Morgan fingerprint density at radius 3 is 2.64 bits per heavy atom. The van der Waals surface area contributed by atoms with Gasteiger partial charge < -0.3 is 15.5 Å². The summed E-state index contributed by atoms with van der Waals surface area (Å²) in [4.78, 5) is 19.1. The van der Waals surface area contributed by atoms with E-state index in [-0.39, 0.29) is 5.91 Å². The molecule has 0 unspecified atom stereocenters. The number of nitrogens with one attached hydrogen (secondary N) is 2. The summed E-state index contributed by atoms with van der Waals surface area (Å²) < 4.78 is 0. The van der Waals surface area contributed by atoms with Crippen LogP contribution in [0.5, 0.6) is 0 Å². The van der Waals surface area contributed by atoms with Crippen molar-refractivity contribution in [3.05, 3.63) is 48.2 Å². The fourth-order valence-corrected chi connectivity index (χ4v) is 3.00. The molecule has 2 N–H and O–H groups in total. The SMILES string of the molecule is CCCCNc1cc(C(=O)Nc2ccc(N3CCCC3)cc2)ccn1. The lowest BCUT2D eigenvalue weighted by Crippen LogP contribution is -2.17. The van der Waals surface area contributed by atoms with Crippen molar-refractivity contribution in [3.8, 4) is 0 Å². The minimum Gasteiger partial charge on any atom is -0.372 e. The number of carbonyl (C=O) groups excluding carboxylic acids is 1. The molecule has 1 aromatic heterocycles. The first-order chi connectivity index (χ1) is 12.3.